The SMILES string of the molecule is Cn1cnc(Oc2cccc(C(=O)O)c2)n1. The molecule has 0 amide bonds. The van der Waals surface area contributed by atoms with E-state index in [1.165, 1.54) is 23.1 Å². The number of nitrogens with zero attached hydrogens (tertiary/aromatic N) is 3. The Bertz CT molecular complexity index is 522. The molecule has 6 heteroatoms. The van der Waals surface area contributed by atoms with Crippen LogP contribution in [0.2, 0.25) is 0 Å². The van der Waals surface area contributed by atoms with Gasteiger partial charge in [0.25, 0.3) is 0 Å². The minimum atomic E-state index is -1.00. The fourth-order valence-corrected chi connectivity index (χ4v) is 1.16. The number of hydrogen-bond donors (Lipinski definition) is 1. The van der Waals surface area contributed by atoms with Gasteiger partial charge in [0.05, 0.1) is 5.56 Å². The first-order valence-corrected chi connectivity index (χ1v) is 4.52. The molecule has 0 unspecified atom stereocenters. The number of benzene rings is 1. The van der Waals surface area contributed by atoms with Crippen LogP contribution >= 0.6 is 0 Å². The summed E-state index contributed by atoms with van der Waals surface area (Å²) in [6.45, 7) is 0. The lowest BCUT2D eigenvalue weighted by molar-refractivity contribution is 0.0696. The zero-order valence-electron chi connectivity index (χ0n) is 8.49. The van der Waals surface area contributed by atoms with E-state index in [0.29, 0.717) is 5.75 Å². The lowest BCUT2D eigenvalue weighted by Gasteiger charge is -2.01. The molecule has 1 N–H and O–H groups in total. The number of aromatic carboxylic acids is 1. The Kier molecular flexibility index (Phi) is 2.55. The van der Waals surface area contributed by atoms with Crippen LogP contribution in [-0.4, -0.2) is 25.8 Å². The van der Waals surface area contributed by atoms with Crippen molar-refractivity contribution in [2.24, 2.45) is 7.05 Å². The molecule has 0 radical (unpaired) electrons. The second-order valence-corrected chi connectivity index (χ2v) is 3.14. The maximum Gasteiger partial charge on any atom is 0.340 e. The summed E-state index contributed by atoms with van der Waals surface area (Å²) in [5, 5.41) is 12.7. The summed E-state index contributed by atoms with van der Waals surface area (Å²) in [6, 6.07) is 6.33. The van der Waals surface area contributed by atoms with E-state index >= 15 is 0 Å². The average Bonchev–Trinajstić information content (AvgIpc) is 2.64. The molecule has 1 heterocycles. The molecule has 2 aromatic rings. The zero-order valence-corrected chi connectivity index (χ0v) is 8.49. The number of hydrogen-bond acceptors (Lipinski definition) is 4. The first kappa shape index (κ1) is 10.2. The monoisotopic (exact) mass is 219 g/mol. The van der Waals surface area contributed by atoms with Crippen molar-refractivity contribution < 1.29 is 14.6 Å². The highest BCUT2D eigenvalue weighted by atomic mass is 16.5. The number of rotatable bonds is 3. The molecule has 2 rings (SSSR count). The fourth-order valence-electron chi connectivity index (χ4n) is 1.16. The lowest BCUT2D eigenvalue weighted by atomic mass is 10.2. The quantitative estimate of drug-likeness (QED) is 0.841. The Morgan fingerprint density at radius 3 is 2.94 bits per heavy atom. The molecule has 0 fully saturated rings. The number of ether oxygens (including phenoxy) is 1. The van der Waals surface area contributed by atoms with Gasteiger partial charge < -0.3 is 9.84 Å². The Labute approximate surface area is 91.1 Å². The zero-order chi connectivity index (χ0) is 11.5. The molecule has 82 valence electrons. The van der Waals surface area contributed by atoms with Crippen LogP contribution < -0.4 is 4.74 Å². The van der Waals surface area contributed by atoms with Gasteiger partial charge in [0.15, 0.2) is 0 Å². The van der Waals surface area contributed by atoms with Crippen LogP contribution in [0.3, 0.4) is 0 Å². The Balaban J connectivity index is 2.21. The topological polar surface area (TPSA) is 77.2 Å². The first-order valence-electron chi connectivity index (χ1n) is 4.52. The highest BCUT2D eigenvalue weighted by Crippen LogP contribution is 2.18. The number of carbonyl (C=O) groups is 1. The van der Waals surface area contributed by atoms with Crippen molar-refractivity contribution in [1.82, 2.24) is 14.8 Å². The molecule has 0 bridgehead atoms. The average molecular weight is 219 g/mol. The smallest absolute Gasteiger partial charge is 0.340 e. The van der Waals surface area contributed by atoms with Crippen LogP contribution in [0.25, 0.3) is 0 Å². The summed E-state index contributed by atoms with van der Waals surface area (Å²) in [5.74, 6) is -0.606. The van der Waals surface area contributed by atoms with Gasteiger partial charge in [-0.25, -0.2) is 4.79 Å². The summed E-state index contributed by atoms with van der Waals surface area (Å²) in [4.78, 5) is 14.6. The van der Waals surface area contributed by atoms with Crippen LogP contribution in [0.4, 0.5) is 0 Å². The Morgan fingerprint density at radius 2 is 2.31 bits per heavy atom. The molecule has 0 aliphatic rings. The van der Waals surface area contributed by atoms with Gasteiger partial charge in [0, 0.05) is 7.05 Å². The molecular formula is C10H9N3O3. The maximum absolute atomic E-state index is 10.7. The summed E-state index contributed by atoms with van der Waals surface area (Å²) in [6.07, 6.45) is 1.50. The summed E-state index contributed by atoms with van der Waals surface area (Å²) >= 11 is 0. The summed E-state index contributed by atoms with van der Waals surface area (Å²) in [5.41, 5.74) is 0.161. The van der Waals surface area contributed by atoms with E-state index in [4.69, 9.17) is 9.84 Å². The van der Waals surface area contributed by atoms with Crippen molar-refractivity contribution in [3.05, 3.63) is 36.2 Å². The number of carboxylic acid groups (broad SMARTS) is 1. The minimum absolute atomic E-state index is 0.161. The van der Waals surface area contributed by atoms with Crippen LogP contribution in [0.1, 0.15) is 10.4 Å². The number of aryl methyl sites for hydroxylation is 1. The largest absolute Gasteiger partial charge is 0.478 e. The molecule has 0 aliphatic heterocycles. The molecule has 0 aliphatic carbocycles. The van der Waals surface area contributed by atoms with E-state index in [2.05, 4.69) is 10.1 Å². The van der Waals surface area contributed by atoms with E-state index in [-0.39, 0.29) is 11.6 Å². The van der Waals surface area contributed by atoms with Crippen molar-refractivity contribution in [2.75, 3.05) is 0 Å². The van der Waals surface area contributed by atoms with E-state index in [9.17, 15) is 4.79 Å². The molecule has 0 saturated carbocycles. The molecule has 16 heavy (non-hydrogen) atoms. The van der Waals surface area contributed by atoms with E-state index in [0.717, 1.165) is 0 Å². The number of carboxylic acids is 1. The van der Waals surface area contributed by atoms with E-state index < -0.39 is 5.97 Å². The molecular weight excluding hydrogens is 210 g/mol. The van der Waals surface area contributed by atoms with Crippen molar-refractivity contribution in [3.63, 3.8) is 0 Å². The number of aromatic nitrogens is 3. The predicted molar refractivity (Wildman–Crippen MR) is 54.5 cm³/mol. The van der Waals surface area contributed by atoms with E-state index in [1.807, 2.05) is 0 Å². The van der Waals surface area contributed by atoms with Gasteiger partial charge in [-0.1, -0.05) is 6.07 Å². The van der Waals surface area contributed by atoms with Gasteiger partial charge in [-0.3, -0.25) is 4.68 Å². The standard InChI is InChI=1S/C10H9N3O3/c1-13-6-11-10(12-13)16-8-4-2-3-7(5-8)9(14)15/h2-6H,1H3,(H,14,15). The Hall–Kier alpha value is -2.37. The third-order valence-corrected chi connectivity index (χ3v) is 1.87. The van der Waals surface area contributed by atoms with Crippen LogP contribution in [-0.2, 0) is 7.05 Å². The van der Waals surface area contributed by atoms with Gasteiger partial charge in [0.1, 0.15) is 12.1 Å². The molecule has 6 nitrogen and oxygen atoms in total. The Morgan fingerprint density at radius 1 is 1.50 bits per heavy atom. The minimum Gasteiger partial charge on any atom is -0.478 e. The molecule has 1 aromatic heterocycles. The lowest BCUT2D eigenvalue weighted by Crippen LogP contribution is -1.96. The fraction of sp³-hybridized carbons (Fsp3) is 0.100. The van der Waals surface area contributed by atoms with Gasteiger partial charge in [0.2, 0.25) is 0 Å². The van der Waals surface area contributed by atoms with Gasteiger partial charge >= 0.3 is 12.0 Å². The molecule has 0 saturated heterocycles. The third-order valence-electron chi connectivity index (χ3n) is 1.87. The summed E-state index contributed by atoms with van der Waals surface area (Å²) in [7, 11) is 1.72. The van der Waals surface area contributed by atoms with Gasteiger partial charge in [-0.15, -0.1) is 5.10 Å². The van der Waals surface area contributed by atoms with Crippen molar-refractivity contribution in [3.8, 4) is 11.8 Å². The van der Waals surface area contributed by atoms with Gasteiger partial charge in [-0.05, 0) is 18.2 Å². The van der Waals surface area contributed by atoms with Gasteiger partial charge in [-0.2, -0.15) is 4.98 Å². The third kappa shape index (κ3) is 2.17. The normalized spacial score (nSPS) is 10.1. The maximum atomic E-state index is 10.7. The second-order valence-electron chi connectivity index (χ2n) is 3.14. The summed E-state index contributed by atoms with van der Waals surface area (Å²) < 4.78 is 6.78. The van der Waals surface area contributed by atoms with E-state index in [1.54, 1.807) is 19.2 Å². The first-order chi connectivity index (χ1) is 7.65. The highest BCUT2D eigenvalue weighted by molar-refractivity contribution is 5.88. The predicted octanol–water partition coefficient (Wildman–Crippen LogP) is 1.31. The molecule has 0 spiro atoms. The van der Waals surface area contributed by atoms with Crippen molar-refractivity contribution in [2.45, 2.75) is 0 Å². The van der Waals surface area contributed by atoms with Crippen LogP contribution in [0.15, 0.2) is 30.6 Å². The molecule has 1 aromatic carbocycles. The molecule has 0 atom stereocenters. The van der Waals surface area contributed by atoms with Crippen LogP contribution in [0, 0.1) is 0 Å². The van der Waals surface area contributed by atoms with Crippen molar-refractivity contribution >= 4 is 5.97 Å². The second kappa shape index (κ2) is 4.01. The van der Waals surface area contributed by atoms with Crippen molar-refractivity contribution in [1.29, 1.82) is 0 Å². The van der Waals surface area contributed by atoms with Crippen LogP contribution in [0.5, 0.6) is 11.8 Å². The highest BCUT2D eigenvalue weighted by Gasteiger charge is 2.06.